The van der Waals surface area contributed by atoms with Gasteiger partial charge in [0.1, 0.15) is 4.90 Å². The first-order chi connectivity index (χ1) is 31.3. The van der Waals surface area contributed by atoms with Crippen LogP contribution >= 0.6 is 23.4 Å². The number of ether oxygens (including phenoxy) is 1. The normalized spacial score (nSPS) is 14.9. The van der Waals surface area contributed by atoms with Crippen LogP contribution in [0.3, 0.4) is 0 Å². The molecule has 5 aromatic rings. The molecule has 0 saturated carbocycles. The third-order valence-electron chi connectivity index (χ3n) is 11.3. The Morgan fingerprint density at radius 1 is 0.894 bits per heavy atom. The molecule has 1 saturated heterocycles. The van der Waals surface area contributed by atoms with Gasteiger partial charge in [0.15, 0.2) is 0 Å². The van der Waals surface area contributed by atoms with Crippen LogP contribution in [-0.4, -0.2) is 96.0 Å². The van der Waals surface area contributed by atoms with Crippen LogP contribution in [0.4, 0.5) is 24.5 Å². The highest BCUT2D eigenvalue weighted by Gasteiger charge is 2.48. The number of carbonyl (C=O) groups excluding carboxylic acids is 1. The number of nitrogens with zero attached hydrogens (tertiary/aromatic N) is 2. The van der Waals surface area contributed by atoms with Gasteiger partial charge < -0.3 is 25.0 Å². The maximum atomic E-state index is 14.2. The molecule has 3 N–H and O–H groups in total. The zero-order valence-electron chi connectivity index (χ0n) is 36.7. The summed E-state index contributed by atoms with van der Waals surface area (Å²) in [6, 6.07) is 32.5. The Morgan fingerprint density at radius 2 is 1.55 bits per heavy atom. The van der Waals surface area contributed by atoms with Gasteiger partial charge in [0.25, 0.3) is 25.8 Å². The Labute approximate surface area is 394 Å². The second-order valence-corrected chi connectivity index (χ2v) is 21.6. The largest absolute Gasteiger partial charge is 0.501 e. The number of hydrogen-bond donors (Lipinski definition) is 3. The molecule has 66 heavy (non-hydrogen) atoms. The smallest absolute Gasteiger partial charge is 0.388 e. The summed E-state index contributed by atoms with van der Waals surface area (Å²) in [7, 11) is -9.09. The van der Waals surface area contributed by atoms with Gasteiger partial charge in [-0.15, -0.1) is 11.8 Å². The number of benzene rings is 5. The molecule has 5 aromatic carbocycles. The van der Waals surface area contributed by atoms with Gasteiger partial charge in [-0.1, -0.05) is 66.2 Å². The summed E-state index contributed by atoms with van der Waals surface area (Å²) >= 11 is 7.53. The number of thioether (sulfide) groups is 1. The third-order valence-corrected chi connectivity index (χ3v) is 15.6. The van der Waals surface area contributed by atoms with E-state index in [0.717, 1.165) is 39.4 Å². The zero-order chi connectivity index (χ0) is 47.6. The van der Waals surface area contributed by atoms with E-state index < -0.39 is 58.9 Å². The minimum atomic E-state index is -6.08. The van der Waals surface area contributed by atoms with Crippen LogP contribution in [0.25, 0.3) is 11.1 Å². The second-order valence-electron chi connectivity index (χ2n) is 16.4. The summed E-state index contributed by atoms with van der Waals surface area (Å²) < 4.78 is 103. The van der Waals surface area contributed by atoms with Gasteiger partial charge in [-0.3, -0.25) is 4.79 Å². The number of anilines is 2. The second kappa shape index (κ2) is 22.5. The summed E-state index contributed by atoms with van der Waals surface area (Å²) in [5, 5.41) is 15.1. The number of sulfone groups is 1. The van der Waals surface area contributed by atoms with Gasteiger partial charge in [-0.25, -0.2) is 21.6 Å². The van der Waals surface area contributed by atoms with Gasteiger partial charge in [-0.2, -0.15) is 13.2 Å². The molecule has 1 amide bonds. The van der Waals surface area contributed by atoms with E-state index in [1.165, 1.54) is 23.9 Å². The Kier molecular flexibility index (Phi) is 17.3. The first-order valence-electron chi connectivity index (χ1n) is 21.5. The van der Waals surface area contributed by atoms with Gasteiger partial charge >= 0.3 is 5.51 Å². The van der Waals surface area contributed by atoms with E-state index in [0.29, 0.717) is 68.9 Å². The van der Waals surface area contributed by atoms with Gasteiger partial charge in [0.2, 0.25) is 0 Å². The minimum Gasteiger partial charge on any atom is -0.388 e. The first kappa shape index (κ1) is 50.8. The van der Waals surface area contributed by atoms with E-state index in [1.807, 2.05) is 109 Å². The molecule has 0 aliphatic carbocycles. The van der Waals surface area contributed by atoms with Crippen molar-refractivity contribution in [3.05, 3.63) is 137 Å². The number of alkyl halides is 3. The molecule has 0 aromatic heterocycles. The summed E-state index contributed by atoms with van der Waals surface area (Å²) in [5.41, 5.74) is -2.77. The number of hydrogen-bond acceptors (Lipinski definition) is 11. The highest BCUT2D eigenvalue weighted by molar-refractivity contribution is 7.99. The van der Waals surface area contributed by atoms with Crippen molar-refractivity contribution < 1.29 is 44.6 Å². The van der Waals surface area contributed by atoms with Crippen molar-refractivity contribution >= 4 is 60.5 Å². The molecule has 0 radical (unpaired) electrons. The number of amides is 1. The monoisotopic (exact) mass is 986 g/mol. The Morgan fingerprint density at radius 3 is 2.20 bits per heavy atom. The molecule has 6 rings (SSSR count). The predicted molar refractivity (Wildman–Crippen MR) is 255 cm³/mol. The number of halogens is 4. The number of carbonyl (C=O) groups is 1. The fraction of sp³-hybridized carbons (Fsp3) is 0.354. The lowest BCUT2D eigenvalue weighted by Gasteiger charge is -2.36. The van der Waals surface area contributed by atoms with Crippen molar-refractivity contribution in [2.45, 2.75) is 71.6 Å². The standard InChI is InChI=1S/C48H54ClF3N4O7S3/c1-33(2)63-30-29-55(3)26-25-38(32-64-40-9-5-4-6-10-40)53-44-22-21-41(31-45(44)65(59,60)48(50,51)52)66(61,62)54-47(58)36-15-19-39(20-16-36)56-27-23-35(24-28-56)46(57)43-12-8-7-11-42(43)34-13-17-37(49)18-14-34/h4-22,31,33,35,38,46,53,57H,23-30,32H2,1-3H3,(H,54,58)/t38?,46-/m1/s1. The molecule has 1 unspecified atom stereocenters. The van der Waals surface area contributed by atoms with E-state index in [-0.39, 0.29) is 17.6 Å². The Bertz CT molecular complexity index is 2620. The predicted octanol–water partition coefficient (Wildman–Crippen LogP) is 9.69. The third kappa shape index (κ3) is 13.3. The number of piperidine rings is 1. The molecule has 1 fully saturated rings. The van der Waals surface area contributed by atoms with E-state index in [1.54, 1.807) is 12.1 Å². The van der Waals surface area contributed by atoms with Crippen molar-refractivity contribution in [3.63, 3.8) is 0 Å². The van der Waals surface area contributed by atoms with Crippen molar-refractivity contribution in [1.82, 2.24) is 9.62 Å². The quantitative estimate of drug-likeness (QED) is 0.0641. The molecule has 1 heterocycles. The van der Waals surface area contributed by atoms with Crippen LogP contribution in [0.5, 0.6) is 0 Å². The van der Waals surface area contributed by atoms with Crippen molar-refractivity contribution in [3.8, 4) is 11.1 Å². The van der Waals surface area contributed by atoms with Gasteiger partial charge in [0, 0.05) is 52.6 Å². The molecule has 0 spiro atoms. The number of aliphatic hydroxyl groups excluding tert-OH is 1. The van der Waals surface area contributed by atoms with Crippen LogP contribution < -0.4 is 14.9 Å². The number of aliphatic hydroxyl groups is 1. The topological polar surface area (TPSA) is 145 Å². The maximum Gasteiger partial charge on any atom is 0.501 e. The average molecular weight is 988 g/mol. The zero-order valence-corrected chi connectivity index (χ0v) is 40.0. The summed E-state index contributed by atoms with van der Waals surface area (Å²) in [6.45, 7) is 6.59. The SMILES string of the molecule is CC(C)OCCN(C)CCC(CSc1ccccc1)Nc1ccc(S(=O)(=O)NC(=O)c2ccc(N3CCC([C@@H](O)c4ccccc4-c4ccc(Cl)cc4)CC3)cc2)cc1S(=O)(=O)C(F)(F)F. The number of sulfonamides is 1. The fourth-order valence-corrected chi connectivity index (χ4v) is 10.8. The molecule has 0 bridgehead atoms. The van der Waals surface area contributed by atoms with E-state index >= 15 is 0 Å². The van der Waals surface area contributed by atoms with Crippen LogP contribution in [-0.2, 0) is 24.6 Å². The Hall–Kier alpha value is -4.62. The summed E-state index contributed by atoms with van der Waals surface area (Å²) in [6.07, 6.45) is 1.08. The van der Waals surface area contributed by atoms with Crippen LogP contribution in [0.15, 0.2) is 136 Å². The lowest BCUT2D eigenvalue weighted by molar-refractivity contribution is -0.0435. The molecule has 2 atom stereocenters. The number of rotatable bonds is 20. The van der Waals surface area contributed by atoms with Crippen LogP contribution in [0.2, 0.25) is 5.02 Å². The highest BCUT2D eigenvalue weighted by atomic mass is 35.5. The average Bonchev–Trinajstić information content (AvgIpc) is 3.29. The molecular weight excluding hydrogens is 933 g/mol. The van der Waals surface area contributed by atoms with Gasteiger partial charge in [-0.05, 0) is 136 Å². The lowest BCUT2D eigenvalue weighted by Crippen LogP contribution is -2.36. The van der Waals surface area contributed by atoms with E-state index in [4.69, 9.17) is 16.3 Å². The number of nitrogens with one attached hydrogen (secondary N) is 2. The molecule has 11 nitrogen and oxygen atoms in total. The Balaban J connectivity index is 1.13. The lowest BCUT2D eigenvalue weighted by atomic mass is 9.84. The molecular formula is C48H54ClF3N4O7S3. The fourth-order valence-electron chi connectivity index (χ4n) is 7.64. The van der Waals surface area contributed by atoms with Crippen molar-refractivity contribution in [2.24, 2.45) is 5.92 Å². The molecule has 18 heteroatoms. The van der Waals surface area contributed by atoms with Crippen LogP contribution in [0, 0.1) is 5.92 Å². The first-order valence-corrected chi connectivity index (χ1v) is 25.8. The molecule has 1 aliphatic heterocycles. The van der Waals surface area contributed by atoms with E-state index in [9.17, 15) is 39.9 Å². The van der Waals surface area contributed by atoms with Crippen LogP contribution in [0.1, 0.15) is 55.1 Å². The van der Waals surface area contributed by atoms with Gasteiger partial charge in [0.05, 0.1) is 29.4 Å². The maximum absolute atomic E-state index is 14.2. The highest BCUT2D eigenvalue weighted by Crippen LogP contribution is 2.39. The minimum absolute atomic E-state index is 0.0197. The summed E-state index contributed by atoms with van der Waals surface area (Å²) in [5.74, 6) is -0.747. The molecule has 354 valence electrons. The molecule has 1 aliphatic rings. The summed E-state index contributed by atoms with van der Waals surface area (Å²) in [4.78, 5) is 16.2. The van der Waals surface area contributed by atoms with Crippen molar-refractivity contribution in [1.29, 1.82) is 0 Å². The van der Waals surface area contributed by atoms with Crippen molar-refractivity contribution in [2.75, 3.05) is 55.8 Å². The van der Waals surface area contributed by atoms with E-state index in [2.05, 4.69) is 10.2 Å². The number of likely N-dealkylation sites (N-methyl/N-ethyl adjacent to an activating group) is 1.